The molecule has 0 saturated carbocycles. The van der Waals surface area contributed by atoms with Gasteiger partial charge in [-0.1, -0.05) is 141 Å². The van der Waals surface area contributed by atoms with Crippen LogP contribution < -0.4 is 4.90 Å². The zero-order valence-electron chi connectivity index (χ0n) is 31.1. The van der Waals surface area contributed by atoms with Crippen LogP contribution in [0.2, 0.25) is 0 Å². The Balaban J connectivity index is 1.09. The van der Waals surface area contributed by atoms with Crippen LogP contribution in [0.5, 0.6) is 0 Å². The van der Waals surface area contributed by atoms with E-state index in [2.05, 4.69) is 158 Å². The predicted molar refractivity (Wildman–Crippen MR) is 232 cm³/mol. The Morgan fingerprint density at radius 1 is 0.446 bits per heavy atom. The molecule has 1 aromatic heterocycles. The lowest BCUT2D eigenvalue weighted by Crippen LogP contribution is -2.17. The van der Waals surface area contributed by atoms with Crippen LogP contribution >= 0.6 is 0 Å². The van der Waals surface area contributed by atoms with E-state index in [1.165, 1.54) is 33.0 Å². The number of hydrogen-bond donors (Lipinski definition) is 0. The monoisotopic (exact) mass is 721 g/mol. The van der Waals surface area contributed by atoms with E-state index in [1.54, 1.807) is 6.07 Å². The van der Waals surface area contributed by atoms with Crippen molar-refractivity contribution in [3.8, 4) is 33.4 Å². The zero-order valence-corrected chi connectivity index (χ0v) is 31.1. The summed E-state index contributed by atoms with van der Waals surface area (Å²) in [5.41, 5.74) is 13.7. The van der Waals surface area contributed by atoms with Gasteiger partial charge in [-0.3, -0.25) is 0 Å². The van der Waals surface area contributed by atoms with E-state index in [9.17, 15) is 0 Å². The van der Waals surface area contributed by atoms with Gasteiger partial charge < -0.3 is 9.32 Å². The Kier molecular flexibility index (Phi) is 7.11. The first-order chi connectivity index (χ1) is 27.4. The van der Waals surface area contributed by atoms with Gasteiger partial charge in [0.2, 0.25) is 0 Å². The van der Waals surface area contributed by atoms with Gasteiger partial charge in [0, 0.05) is 38.6 Å². The molecule has 0 atom stereocenters. The molecular formula is C53H36FNO. The molecule has 0 bridgehead atoms. The van der Waals surface area contributed by atoms with Gasteiger partial charge >= 0.3 is 0 Å². The molecule has 0 radical (unpaired) electrons. The average molecular weight is 722 g/mol. The summed E-state index contributed by atoms with van der Waals surface area (Å²) in [5, 5.41) is 6.22. The van der Waals surface area contributed by atoms with Crippen molar-refractivity contribution < 1.29 is 8.81 Å². The second kappa shape index (κ2) is 12.3. The van der Waals surface area contributed by atoms with Gasteiger partial charge in [0.1, 0.15) is 17.0 Å². The maximum atomic E-state index is 15.6. The summed E-state index contributed by atoms with van der Waals surface area (Å²) in [4.78, 5) is 2.33. The molecule has 3 heteroatoms. The summed E-state index contributed by atoms with van der Waals surface area (Å²) in [6, 6.07) is 63.7. The summed E-state index contributed by atoms with van der Waals surface area (Å²) in [7, 11) is 0. The quantitative estimate of drug-likeness (QED) is 0.176. The van der Waals surface area contributed by atoms with Gasteiger partial charge in [-0.15, -0.1) is 0 Å². The molecule has 1 aliphatic carbocycles. The van der Waals surface area contributed by atoms with E-state index in [0.717, 1.165) is 66.6 Å². The van der Waals surface area contributed by atoms with Gasteiger partial charge in [-0.05, 0) is 115 Å². The minimum Gasteiger partial charge on any atom is -0.456 e. The first-order valence-electron chi connectivity index (χ1n) is 19.2. The van der Waals surface area contributed by atoms with Crippen molar-refractivity contribution in [2.45, 2.75) is 19.3 Å². The fraction of sp³-hybridized carbons (Fsp3) is 0.0566. The van der Waals surface area contributed by atoms with Crippen LogP contribution in [0.1, 0.15) is 25.0 Å². The van der Waals surface area contributed by atoms with Crippen molar-refractivity contribution in [3.05, 3.63) is 199 Å². The third kappa shape index (κ3) is 4.87. The van der Waals surface area contributed by atoms with Crippen molar-refractivity contribution in [2.75, 3.05) is 4.90 Å². The summed E-state index contributed by atoms with van der Waals surface area (Å²) in [6.45, 7) is 4.43. The summed E-state index contributed by atoms with van der Waals surface area (Å²) < 4.78 is 21.9. The molecule has 0 saturated heterocycles. The second-order valence-corrected chi connectivity index (χ2v) is 15.4. The number of benzene rings is 9. The van der Waals surface area contributed by atoms with E-state index in [1.807, 2.05) is 36.4 Å². The number of para-hydroxylation sites is 1. The van der Waals surface area contributed by atoms with Crippen molar-refractivity contribution in [2.24, 2.45) is 0 Å². The molecular weight excluding hydrogens is 686 g/mol. The van der Waals surface area contributed by atoms with Crippen LogP contribution in [0.15, 0.2) is 186 Å². The first kappa shape index (κ1) is 32.5. The third-order valence-electron chi connectivity index (χ3n) is 11.9. The molecule has 266 valence electrons. The topological polar surface area (TPSA) is 16.4 Å². The minimum atomic E-state index is -0.406. The molecule has 2 nitrogen and oxygen atoms in total. The van der Waals surface area contributed by atoms with E-state index < -0.39 is 5.41 Å². The average Bonchev–Trinajstić information content (AvgIpc) is 3.72. The number of anilines is 3. The highest BCUT2D eigenvalue weighted by Crippen LogP contribution is 2.53. The molecule has 0 fully saturated rings. The minimum absolute atomic E-state index is 0.176. The molecule has 0 amide bonds. The van der Waals surface area contributed by atoms with E-state index >= 15 is 4.39 Å². The summed E-state index contributed by atoms with van der Waals surface area (Å²) in [5.74, 6) is -0.176. The van der Waals surface area contributed by atoms with Gasteiger partial charge in [-0.2, -0.15) is 0 Å². The smallest absolute Gasteiger partial charge is 0.135 e. The van der Waals surface area contributed by atoms with Crippen LogP contribution in [0.25, 0.3) is 76.9 Å². The standard InChI is InChI=1S/C53H36FNO/c1-53(2)46-31-38(26-28-44(46)52-43-18-7-6-16-41(43)48(54)32-47(52)53)55(37-27-29-50-45(30-37)42-17-8-9-21-49(42)56-50)36-24-22-34(23-25-36)40-20-11-15-35-14-10-19-39(51(35)40)33-12-4-3-5-13-33/h3-32H,1-2H3. The molecule has 0 N–H and O–H groups in total. The fourth-order valence-electron chi connectivity index (χ4n) is 9.20. The number of hydrogen-bond acceptors (Lipinski definition) is 2. The molecule has 1 heterocycles. The Morgan fingerprint density at radius 2 is 1.05 bits per heavy atom. The number of rotatable bonds is 5. The normalized spacial score (nSPS) is 13.1. The lowest BCUT2D eigenvalue weighted by atomic mass is 9.81. The molecule has 0 aliphatic heterocycles. The lowest BCUT2D eigenvalue weighted by Gasteiger charge is -2.28. The van der Waals surface area contributed by atoms with Crippen molar-refractivity contribution in [3.63, 3.8) is 0 Å². The van der Waals surface area contributed by atoms with E-state index in [0.29, 0.717) is 5.39 Å². The van der Waals surface area contributed by atoms with Crippen LogP contribution in [0.4, 0.5) is 21.5 Å². The van der Waals surface area contributed by atoms with E-state index in [-0.39, 0.29) is 5.82 Å². The number of halogens is 1. The zero-order chi connectivity index (χ0) is 37.5. The highest BCUT2D eigenvalue weighted by Gasteiger charge is 2.38. The highest BCUT2D eigenvalue weighted by molar-refractivity contribution is 6.08. The van der Waals surface area contributed by atoms with Crippen molar-refractivity contribution in [1.82, 2.24) is 0 Å². The van der Waals surface area contributed by atoms with Crippen LogP contribution in [-0.2, 0) is 5.41 Å². The molecule has 10 aromatic rings. The molecule has 11 rings (SSSR count). The Hall–Kier alpha value is -6.97. The van der Waals surface area contributed by atoms with Gasteiger partial charge in [0.15, 0.2) is 0 Å². The van der Waals surface area contributed by atoms with Crippen LogP contribution in [0.3, 0.4) is 0 Å². The van der Waals surface area contributed by atoms with Crippen LogP contribution in [-0.4, -0.2) is 0 Å². The Labute approximate surface area is 324 Å². The third-order valence-corrected chi connectivity index (χ3v) is 11.9. The van der Waals surface area contributed by atoms with Crippen molar-refractivity contribution in [1.29, 1.82) is 0 Å². The largest absolute Gasteiger partial charge is 0.456 e. The maximum absolute atomic E-state index is 15.6. The van der Waals surface area contributed by atoms with Gasteiger partial charge in [-0.25, -0.2) is 4.39 Å². The SMILES string of the molecule is CC1(C)c2cc(N(c3ccc(-c4cccc5cccc(-c6ccccc6)c45)cc3)c3ccc4oc5ccccc5c4c3)ccc2-c2c1cc(F)c1ccccc21. The Morgan fingerprint density at radius 3 is 1.82 bits per heavy atom. The first-order valence-corrected chi connectivity index (χ1v) is 19.2. The molecule has 1 aliphatic rings. The molecule has 0 spiro atoms. The lowest BCUT2D eigenvalue weighted by molar-refractivity contribution is 0.619. The molecule has 0 unspecified atom stereocenters. The summed E-state index contributed by atoms with van der Waals surface area (Å²) >= 11 is 0. The number of nitrogens with zero attached hydrogens (tertiary/aromatic N) is 1. The fourth-order valence-corrected chi connectivity index (χ4v) is 9.20. The molecule has 9 aromatic carbocycles. The van der Waals surface area contributed by atoms with Gasteiger partial charge in [0.25, 0.3) is 0 Å². The summed E-state index contributed by atoms with van der Waals surface area (Å²) in [6.07, 6.45) is 0. The van der Waals surface area contributed by atoms with E-state index in [4.69, 9.17) is 4.42 Å². The maximum Gasteiger partial charge on any atom is 0.135 e. The number of fused-ring (bicyclic) bond motifs is 9. The second-order valence-electron chi connectivity index (χ2n) is 15.4. The number of furan rings is 1. The predicted octanol–water partition coefficient (Wildman–Crippen LogP) is 15.1. The highest BCUT2D eigenvalue weighted by atomic mass is 19.1. The molecule has 56 heavy (non-hydrogen) atoms. The van der Waals surface area contributed by atoms with Crippen LogP contribution in [0, 0.1) is 5.82 Å². The van der Waals surface area contributed by atoms with Gasteiger partial charge in [0.05, 0.1) is 0 Å². The Bertz CT molecular complexity index is 3170. The van der Waals surface area contributed by atoms with Crippen molar-refractivity contribution >= 4 is 60.5 Å².